The zero-order chi connectivity index (χ0) is 33.0. The second-order valence-corrected chi connectivity index (χ2v) is 12.9. The Morgan fingerprint density at radius 3 is 1.72 bits per heavy atom. The lowest BCUT2D eigenvalue weighted by molar-refractivity contribution is 1.26. The lowest BCUT2D eigenvalue weighted by Crippen LogP contribution is -2.11. The molecule has 0 aliphatic rings. The maximum absolute atomic E-state index is 2.47. The summed E-state index contributed by atoms with van der Waals surface area (Å²) in [5.74, 6) is 0. The molecule has 2 nitrogen and oxygen atoms in total. The number of anilines is 3. The Labute approximate surface area is 290 Å². The zero-order valence-corrected chi connectivity index (χ0v) is 27.4. The minimum absolute atomic E-state index is 1.11. The molecule has 0 N–H and O–H groups in total. The summed E-state index contributed by atoms with van der Waals surface area (Å²) in [6, 6.07) is 68.2. The van der Waals surface area contributed by atoms with E-state index in [1.54, 1.807) is 0 Å². The SMILES string of the molecule is c1ccc(-c2ccc(N(c3cc4ccccc4c4ccccc34)c3cccc4c3ccn3c5ccccc5c(-c5ccccc5)c43)cc2)cc1. The van der Waals surface area contributed by atoms with Crippen molar-refractivity contribution in [2.75, 3.05) is 4.90 Å². The van der Waals surface area contributed by atoms with E-state index in [4.69, 9.17) is 0 Å². The smallest absolute Gasteiger partial charge is 0.0620 e. The van der Waals surface area contributed by atoms with Crippen LogP contribution in [-0.4, -0.2) is 4.40 Å². The number of nitrogens with zero attached hydrogens (tertiary/aromatic N) is 2. The number of para-hydroxylation sites is 1. The molecule has 10 rings (SSSR count). The molecule has 0 amide bonds. The highest BCUT2D eigenvalue weighted by molar-refractivity contribution is 6.19. The van der Waals surface area contributed by atoms with Gasteiger partial charge in [-0.3, -0.25) is 0 Å². The molecule has 0 bridgehead atoms. The molecule has 2 heterocycles. The Balaban J connectivity index is 1.29. The third kappa shape index (κ3) is 4.43. The van der Waals surface area contributed by atoms with Crippen LogP contribution in [0.5, 0.6) is 0 Å². The van der Waals surface area contributed by atoms with Crippen molar-refractivity contribution < 1.29 is 0 Å². The van der Waals surface area contributed by atoms with Gasteiger partial charge in [-0.1, -0.05) is 152 Å². The fraction of sp³-hybridized carbons (Fsp3) is 0. The van der Waals surface area contributed by atoms with Crippen molar-refractivity contribution in [2.45, 2.75) is 0 Å². The van der Waals surface area contributed by atoms with Gasteiger partial charge in [0.1, 0.15) is 0 Å². The van der Waals surface area contributed by atoms with E-state index < -0.39 is 0 Å². The maximum Gasteiger partial charge on any atom is 0.0620 e. The van der Waals surface area contributed by atoms with E-state index in [0.717, 1.165) is 17.1 Å². The van der Waals surface area contributed by atoms with Crippen LogP contribution in [0.1, 0.15) is 0 Å². The average molecular weight is 637 g/mol. The van der Waals surface area contributed by atoms with Gasteiger partial charge in [-0.2, -0.15) is 0 Å². The first-order valence-electron chi connectivity index (χ1n) is 17.2. The number of hydrogen-bond donors (Lipinski definition) is 0. The molecule has 0 radical (unpaired) electrons. The van der Waals surface area contributed by atoms with E-state index in [0.29, 0.717) is 0 Å². The molecule has 2 heteroatoms. The van der Waals surface area contributed by atoms with E-state index >= 15 is 0 Å². The topological polar surface area (TPSA) is 7.65 Å². The van der Waals surface area contributed by atoms with Crippen LogP contribution in [0.2, 0.25) is 0 Å². The summed E-state index contributed by atoms with van der Waals surface area (Å²) < 4.78 is 2.37. The van der Waals surface area contributed by atoms with Gasteiger partial charge < -0.3 is 9.30 Å². The molecule has 0 saturated carbocycles. The third-order valence-corrected chi connectivity index (χ3v) is 10.2. The first kappa shape index (κ1) is 28.4. The fourth-order valence-corrected chi connectivity index (χ4v) is 7.92. The maximum atomic E-state index is 2.47. The normalized spacial score (nSPS) is 11.6. The molecule has 0 saturated heterocycles. The van der Waals surface area contributed by atoms with Gasteiger partial charge in [0.2, 0.25) is 0 Å². The summed E-state index contributed by atoms with van der Waals surface area (Å²) in [5, 5.41) is 8.62. The predicted molar refractivity (Wildman–Crippen MR) is 213 cm³/mol. The van der Waals surface area contributed by atoms with E-state index in [9.17, 15) is 0 Å². The highest BCUT2D eigenvalue weighted by Crippen LogP contribution is 2.46. The first-order chi connectivity index (χ1) is 24.8. The molecule has 0 spiro atoms. The zero-order valence-electron chi connectivity index (χ0n) is 27.4. The van der Waals surface area contributed by atoms with Gasteiger partial charge >= 0.3 is 0 Å². The van der Waals surface area contributed by atoms with Crippen LogP contribution in [0.15, 0.2) is 194 Å². The molecule has 0 aliphatic heterocycles. The number of fused-ring (bicyclic) bond motifs is 8. The number of pyridine rings is 1. The van der Waals surface area contributed by atoms with Gasteiger partial charge in [-0.25, -0.2) is 0 Å². The van der Waals surface area contributed by atoms with Crippen molar-refractivity contribution in [2.24, 2.45) is 0 Å². The molecule has 234 valence electrons. The minimum atomic E-state index is 1.11. The van der Waals surface area contributed by atoms with Crippen LogP contribution in [-0.2, 0) is 0 Å². The molecule has 0 aliphatic carbocycles. The first-order valence-corrected chi connectivity index (χ1v) is 17.2. The Morgan fingerprint density at radius 1 is 0.360 bits per heavy atom. The Bertz CT molecular complexity index is 2850. The summed E-state index contributed by atoms with van der Waals surface area (Å²) >= 11 is 0. The van der Waals surface area contributed by atoms with Crippen molar-refractivity contribution >= 4 is 65.8 Å². The number of rotatable bonds is 5. The summed E-state index contributed by atoms with van der Waals surface area (Å²) in [6.07, 6.45) is 2.26. The third-order valence-electron chi connectivity index (χ3n) is 10.2. The van der Waals surface area contributed by atoms with Gasteiger partial charge in [0.25, 0.3) is 0 Å². The van der Waals surface area contributed by atoms with E-state index in [1.165, 1.54) is 71.0 Å². The standard InChI is InChI=1S/C48H32N2/c1-3-14-33(15-4-1)34-26-28-37(29-27-34)50(46-32-36-18-7-8-19-38(36)39-20-9-10-21-40(39)46)45-25-13-23-42-41(45)30-31-49-44-24-12-11-22-43(44)47(48(42)49)35-16-5-2-6-17-35/h1-32H. The highest BCUT2D eigenvalue weighted by Gasteiger charge is 2.22. The van der Waals surface area contributed by atoms with E-state index in [-0.39, 0.29) is 0 Å². The number of hydrogen-bond acceptors (Lipinski definition) is 1. The van der Waals surface area contributed by atoms with Crippen molar-refractivity contribution in [3.05, 3.63) is 194 Å². The molecular formula is C48H32N2. The Kier molecular flexibility index (Phi) is 6.53. The Morgan fingerprint density at radius 2 is 0.940 bits per heavy atom. The van der Waals surface area contributed by atoms with Gasteiger partial charge in [0, 0.05) is 39.0 Å². The van der Waals surface area contributed by atoms with Crippen LogP contribution in [0.25, 0.3) is 71.0 Å². The van der Waals surface area contributed by atoms with Crippen molar-refractivity contribution in [3.63, 3.8) is 0 Å². The molecule has 0 fully saturated rings. The monoisotopic (exact) mass is 636 g/mol. The molecule has 8 aromatic carbocycles. The van der Waals surface area contributed by atoms with Crippen LogP contribution < -0.4 is 4.90 Å². The molecular weight excluding hydrogens is 605 g/mol. The van der Waals surface area contributed by atoms with Crippen LogP contribution >= 0.6 is 0 Å². The largest absolute Gasteiger partial charge is 0.315 e. The van der Waals surface area contributed by atoms with Crippen molar-refractivity contribution in [1.82, 2.24) is 4.40 Å². The average Bonchev–Trinajstić information content (AvgIpc) is 3.54. The lowest BCUT2D eigenvalue weighted by atomic mass is 9.97. The van der Waals surface area contributed by atoms with Gasteiger partial charge in [-0.15, -0.1) is 0 Å². The predicted octanol–water partition coefficient (Wildman–Crippen LogP) is 13.4. The Hall–Kier alpha value is -6.64. The van der Waals surface area contributed by atoms with Crippen LogP contribution in [0, 0.1) is 0 Å². The number of benzene rings is 8. The van der Waals surface area contributed by atoms with Crippen molar-refractivity contribution in [1.29, 1.82) is 0 Å². The van der Waals surface area contributed by atoms with Crippen LogP contribution in [0.4, 0.5) is 17.1 Å². The molecule has 50 heavy (non-hydrogen) atoms. The van der Waals surface area contributed by atoms with Gasteiger partial charge in [-0.05, 0) is 69.2 Å². The second kappa shape index (κ2) is 11.5. The molecule has 2 aromatic heterocycles. The number of aromatic nitrogens is 1. The van der Waals surface area contributed by atoms with Crippen molar-refractivity contribution in [3.8, 4) is 22.3 Å². The molecule has 0 atom stereocenters. The van der Waals surface area contributed by atoms with E-state index in [1.807, 2.05) is 0 Å². The second-order valence-electron chi connectivity index (χ2n) is 12.9. The summed E-state index contributed by atoms with van der Waals surface area (Å²) in [7, 11) is 0. The highest BCUT2D eigenvalue weighted by atomic mass is 15.1. The summed E-state index contributed by atoms with van der Waals surface area (Å²) in [4.78, 5) is 2.47. The van der Waals surface area contributed by atoms with Crippen LogP contribution in [0.3, 0.4) is 0 Å². The summed E-state index contributed by atoms with van der Waals surface area (Å²) in [5.41, 5.74) is 10.7. The summed E-state index contributed by atoms with van der Waals surface area (Å²) in [6.45, 7) is 0. The minimum Gasteiger partial charge on any atom is -0.315 e. The molecule has 10 aromatic rings. The quantitative estimate of drug-likeness (QED) is 0.171. The van der Waals surface area contributed by atoms with Gasteiger partial charge in [0.15, 0.2) is 0 Å². The fourth-order valence-electron chi connectivity index (χ4n) is 7.92. The molecule has 0 unspecified atom stereocenters. The van der Waals surface area contributed by atoms with E-state index in [2.05, 4.69) is 204 Å². The van der Waals surface area contributed by atoms with Gasteiger partial charge in [0.05, 0.1) is 22.4 Å². The lowest BCUT2D eigenvalue weighted by Gasteiger charge is -2.29.